The molecule has 0 bridgehead atoms. The summed E-state index contributed by atoms with van der Waals surface area (Å²) in [6, 6.07) is 13.9. The number of carboxylic acid groups (broad SMARTS) is 1. The van der Waals surface area contributed by atoms with E-state index in [1.54, 1.807) is 30.5 Å². The van der Waals surface area contributed by atoms with Crippen molar-refractivity contribution in [1.29, 1.82) is 0 Å². The van der Waals surface area contributed by atoms with E-state index in [1.165, 1.54) is 0 Å². The molecule has 0 radical (unpaired) electrons. The maximum Gasteiger partial charge on any atom is 0.335 e. The monoisotopic (exact) mass is 298 g/mol. The summed E-state index contributed by atoms with van der Waals surface area (Å²) in [5.74, 6) is -0.957. The molecular weight excluding hydrogens is 288 g/mol. The predicted molar refractivity (Wildman–Crippen MR) is 83.4 cm³/mol. The lowest BCUT2D eigenvalue weighted by molar-refractivity contribution is 0.0697. The number of carboxylic acids is 1. The number of aromatic carboxylic acids is 1. The number of rotatable bonds is 3. The van der Waals surface area contributed by atoms with E-state index in [0.717, 1.165) is 16.6 Å². The van der Waals surface area contributed by atoms with Crippen molar-refractivity contribution in [2.75, 3.05) is 5.32 Å². The van der Waals surface area contributed by atoms with Gasteiger partial charge in [0.2, 0.25) is 0 Å². The summed E-state index contributed by atoms with van der Waals surface area (Å²) in [4.78, 5) is 15.3. The molecule has 21 heavy (non-hydrogen) atoms. The minimum absolute atomic E-state index is 0.233. The zero-order valence-corrected chi connectivity index (χ0v) is 11.6. The van der Waals surface area contributed by atoms with Gasteiger partial charge in [0.05, 0.1) is 11.1 Å². The molecule has 0 saturated heterocycles. The number of hydrogen-bond donors (Lipinski definition) is 2. The zero-order valence-electron chi connectivity index (χ0n) is 10.9. The van der Waals surface area contributed by atoms with Gasteiger partial charge in [0, 0.05) is 28.0 Å². The van der Waals surface area contributed by atoms with Crippen LogP contribution in [0.4, 0.5) is 11.4 Å². The van der Waals surface area contributed by atoms with E-state index in [2.05, 4.69) is 10.3 Å². The molecule has 1 aromatic heterocycles. The molecule has 2 N–H and O–H groups in total. The summed E-state index contributed by atoms with van der Waals surface area (Å²) in [6.07, 6.45) is 1.69. The zero-order chi connectivity index (χ0) is 14.8. The predicted octanol–water partition coefficient (Wildman–Crippen LogP) is 4.33. The van der Waals surface area contributed by atoms with Crippen LogP contribution in [0.1, 0.15) is 10.4 Å². The number of benzene rings is 2. The van der Waals surface area contributed by atoms with Crippen LogP contribution in [-0.2, 0) is 0 Å². The Balaban J connectivity index is 2.04. The van der Waals surface area contributed by atoms with Gasteiger partial charge in [0.15, 0.2) is 0 Å². The van der Waals surface area contributed by atoms with Crippen molar-refractivity contribution in [2.45, 2.75) is 0 Å². The number of halogens is 1. The highest BCUT2D eigenvalue weighted by molar-refractivity contribution is 6.31. The van der Waals surface area contributed by atoms with E-state index in [-0.39, 0.29) is 5.56 Å². The quantitative estimate of drug-likeness (QED) is 0.755. The SMILES string of the molecule is O=C(O)c1cccc(Nc2ccnc3ccc(Cl)cc23)c1. The molecule has 0 saturated carbocycles. The average molecular weight is 299 g/mol. The van der Waals surface area contributed by atoms with Gasteiger partial charge in [-0.15, -0.1) is 0 Å². The number of fused-ring (bicyclic) bond motifs is 1. The Morgan fingerprint density at radius 3 is 2.81 bits per heavy atom. The van der Waals surface area contributed by atoms with Crippen LogP contribution < -0.4 is 5.32 Å². The molecule has 0 aliphatic heterocycles. The maximum absolute atomic E-state index is 11.0. The van der Waals surface area contributed by atoms with Gasteiger partial charge in [0.1, 0.15) is 0 Å². The van der Waals surface area contributed by atoms with Gasteiger partial charge in [-0.2, -0.15) is 0 Å². The van der Waals surface area contributed by atoms with Gasteiger partial charge in [-0.1, -0.05) is 17.7 Å². The van der Waals surface area contributed by atoms with Gasteiger partial charge in [-0.25, -0.2) is 4.79 Å². The second kappa shape index (κ2) is 5.42. The number of pyridine rings is 1. The first-order valence-electron chi connectivity index (χ1n) is 6.28. The third-order valence-corrected chi connectivity index (χ3v) is 3.33. The van der Waals surface area contributed by atoms with E-state index in [4.69, 9.17) is 16.7 Å². The first kappa shape index (κ1) is 13.4. The highest BCUT2D eigenvalue weighted by Gasteiger charge is 2.06. The Kier molecular flexibility index (Phi) is 3.46. The first-order valence-corrected chi connectivity index (χ1v) is 6.66. The average Bonchev–Trinajstić information content (AvgIpc) is 2.48. The van der Waals surface area contributed by atoms with E-state index < -0.39 is 5.97 Å². The number of nitrogens with zero attached hydrogens (tertiary/aromatic N) is 1. The second-order valence-electron chi connectivity index (χ2n) is 4.53. The standard InChI is InChI=1S/C16H11ClN2O2/c17-11-4-5-14-13(9-11)15(6-7-18-14)19-12-3-1-2-10(8-12)16(20)21/h1-9H,(H,18,19)(H,20,21). The summed E-state index contributed by atoms with van der Waals surface area (Å²) < 4.78 is 0. The summed E-state index contributed by atoms with van der Waals surface area (Å²) in [7, 11) is 0. The van der Waals surface area contributed by atoms with Gasteiger partial charge in [-0.3, -0.25) is 4.98 Å². The number of nitrogens with one attached hydrogen (secondary N) is 1. The van der Waals surface area contributed by atoms with E-state index in [0.29, 0.717) is 10.7 Å². The van der Waals surface area contributed by atoms with Crippen molar-refractivity contribution in [3.05, 3.63) is 65.3 Å². The van der Waals surface area contributed by atoms with Gasteiger partial charge >= 0.3 is 5.97 Å². The van der Waals surface area contributed by atoms with Crippen LogP contribution in [0.25, 0.3) is 10.9 Å². The number of carbonyl (C=O) groups is 1. The summed E-state index contributed by atoms with van der Waals surface area (Å²) in [6.45, 7) is 0. The fraction of sp³-hybridized carbons (Fsp3) is 0. The Morgan fingerprint density at radius 2 is 2.00 bits per heavy atom. The number of hydrogen-bond acceptors (Lipinski definition) is 3. The molecule has 0 spiro atoms. The van der Waals surface area contributed by atoms with Crippen molar-refractivity contribution in [3.8, 4) is 0 Å². The maximum atomic E-state index is 11.0. The topological polar surface area (TPSA) is 62.2 Å². The largest absolute Gasteiger partial charge is 0.478 e. The van der Waals surface area contributed by atoms with E-state index in [9.17, 15) is 4.79 Å². The molecule has 1 heterocycles. The lowest BCUT2D eigenvalue weighted by Crippen LogP contribution is -1.98. The third-order valence-electron chi connectivity index (χ3n) is 3.09. The Labute approximate surface area is 126 Å². The smallest absolute Gasteiger partial charge is 0.335 e. The first-order chi connectivity index (χ1) is 10.1. The molecule has 3 aromatic rings. The fourth-order valence-corrected chi connectivity index (χ4v) is 2.29. The molecule has 2 aromatic carbocycles. The number of aromatic nitrogens is 1. The lowest BCUT2D eigenvalue weighted by Gasteiger charge is -2.10. The van der Waals surface area contributed by atoms with Crippen LogP contribution in [0.3, 0.4) is 0 Å². The molecule has 0 amide bonds. The summed E-state index contributed by atoms with van der Waals surface area (Å²) >= 11 is 6.03. The number of anilines is 2. The molecule has 0 unspecified atom stereocenters. The molecular formula is C16H11ClN2O2. The van der Waals surface area contributed by atoms with Crippen LogP contribution in [-0.4, -0.2) is 16.1 Å². The minimum atomic E-state index is -0.957. The van der Waals surface area contributed by atoms with Crippen LogP contribution >= 0.6 is 11.6 Å². The molecule has 0 fully saturated rings. The summed E-state index contributed by atoms with van der Waals surface area (Å²) in [5, 5.41) is 13.7. The normalized spacial score (nSPS) is 10.5. The molecule has 104 valence electrons. The van der Waals surface area contributed by atoms with Crippen LogP contribution in [0, 0.1) is 0 Å². The molecule has 4 nitrogen and oxygen atoms in total. The van der Waals surface area contributed by atoms with E-state index in [1.807, 2.05) is 24.3 Å². The van der Waals surface area contributed by atoms with Crippen LogP contribution in [0.5, 0.6) is 0 Å². The molecule has 0 aliphatic carbocycles. The molecule has 0 aliphatic rings. The Bertz CT molecular complexity index is 833. The van der Waals surface area contributed by atoms with Gasteiger partial charge in [0.25, 0.3) is 0 Å². The summed E-state index contributed by atoms with van der Waals surface area (Å²) in [5.41, 5.74) is 2.57. The molecule has 0 atom stereocenters. The van der Waals surface area contributed by atoms with E-state index >= 15 is 0 Å². The van der Waals surface area contributed by atoms with Crippen molar-refractivity contribution < 1.29 is 9.90 Å². The van der Waals surface area contributed by atoms with Crippen molar-refractivity contribution in [1.82, 2.24) is 4.98 Å². The van der Waals surface area contributed by atoms with Crippen molar-refractivity contribution in [2.24, 2.45) is 0 Å². The Morgan fingerprint density at radius 1 is 1.14 bits per heavy atom. The van der Waals surface area contributed by atoms with Crippen LogP contribution in [0.2, 0.25) is 5.02 Å². The fourth-order valence-electron chi connectivity index (χ4n) is 2.11. The molecule has 3 rings (SSSR count). The van der Waals surface area contributed by atoms with Gasteiger partial charge in [-0.05, 0) is 42.5 Å². The second-order valence-corrected chi connectivity index (χ2v) is 4.97. The van der Waals surface area contributed by atoms with Gasteiger partial charge < -0.3 is 10.4 Å². The highest BCUT2D eigenvalue weighted by atomic mass is 35.5. The molecule has 5 heteroatoms. The highest BCUT2D eigenvalue weighted by Crippen LogP contribution is 2.27. The minimum Gasteiger partial charge on any atom is -0.478 e. The lowest BCUT2D eigenvalue weighted by atomic mass is 10.1. The van der Waals surface area contributed by atoms with Crippen molar-refractivity contribution in [3.63, 3.8) is 0 Å². The van der Waals surface area contributed by atoms with Crippen molar-refractivity contribution >= 4 is 39.8 Å². The third kappa shape index (κ3) is 2.80. The van der Waals surface area contributed by atoms with Crippen LogP contribution in [0.15, 0.2) is 54.7 Å². The Hall–Kier alpha value is -2.59.